The predicted molar refractivity (Wildman–Crippen MR) is 125 cm³/mol. The van der Waals surface area contributed by atoms with Crippen molar-refractivity contribution in [3.63, 3.8) is 0 Å². The number of aliphatic hydroxyl groups is 5. The van der Waals surface area contributed by atoms with Gasteiger partial charge in [-0.2, -0.15) is 16.7 Å². The summed E-state index contributed by atoms with van der Waals surface area (Å²) in [4.78, 5) is 16.6. The van der Waals surface area contributed by atoms with Gasteiger partial charge in [0, 0.05) is 7.05 Å². The molecule has 12 nitrogen and oxygen atoms in total. The van der Waals surface area contributed by atoms with Crippen molar-refractivity contribution >= 4 is 33.7 Å². The number of carbonyl (C=O) groups is 1. The Labute approximate surface area is 201 Å². The number of oxazole rings is 1. The van der Waals surface area contributed by atoms with Crippen molar-refractivity contribution in [3.05, 3.63) is 47.9 Å². The SMILES string of the molecule is CSCCC(O)C(O)C(O)C(O)(NC(=O)c1coc(N(C)S(C)(=O)=O)n1)C(O)c1ccccc1. The molecule has 5 unspecified atom stereocenters. The van der Waals surface area contributed by atoms with Crippen molar-refractivity contribution in [3.8, 4) is 0 Å². The second kappa shape index (κ2) is 11.5. The van der Waals surface area contributed by atoms with Crippen LogP contribution < -0.4 is 9.62 Å². The number of amides is 1. The quantitative estimate of drug-likeness (QED) is 0.189. The van der Waals surface area contributed by atoms with Crippen molar-refractivity contribution in [1.29, 1.82) is 0 Å². The number of benzene rings is 1. The van der Waals surface area contributed by atoms with E-state index < -0.39 is 57.8 Å². The summed E-state index contributed by atoms with van der Waals surface area (Å²) in [6.07, 6.45) is -4.05. The largest absolute Gasteiger partial charge is 0.430 e. The van der Waals surface area contributed by atoms with Crippen LogP contribution in [0, 0.1) is 0 Å². The smallest absolute Gasteiger partial charge is 0.311 e. The van der Waals surface area contributed by atoms with Gasteiger partial charge in [-0.1, -0.05) is 30.3 Å². The third-order valence-corrected chi connectivity index (χ3v) is 6.92. The minimum Gasteiger partial charge on any atom is -0.430 e. The van der Waals surface area contributed by atoms with E-state index in [9.17, 15) is 38.7 Å². The average Bonchev–Trinajstić information content (AvgIpc) is 3.30. The number of rotatable bonds is 12. The molecule has 5 atom stereocenters. The molecule has 1 heterocycles. The van der Waals surface area contributed by atoms with E-state index in [0.29, 0.717) is 10.1 Å². The zero-order valence-electron chi connectivity index (χ0n) is 18.8. The Bertz CT molecular complexity index is 1050. The first-order valence-electron chi connectivity index (χ1n) is 10.0. The molecule has 0 bridgehead atoms. The molecular weight excluding hydrogens is 490 g/mol. The van der Waals surface area contributed by atoms with Crippen LogP contribution in [-0.2, 0) is 10.0 Å². The lowest BCUT2D eigenvalue weighted by Gasteiger charge is -2.40. The molecule has 1 amide bonds. The van der Waals surface area contributed by atoms with Crippen LogP contribution in [0.25, 0.3) is 0 Å². The van der Waals surface area contributed by atoms with E-state index in [4.69, 9.17) is 4.42 Å². The van der Waals surface area contributed by atoms with Crippen molar-refractivity contribution in [2.75, 3.05) is 29.6 Å². The Kier molecular flexibility index (Phi) is 9.47. The summed E-state index contributed by atoms with van der Waals surface area (Å²) >= 11 is 1.38. The molecule has 0 aliphatic heterocycles. The van der Waals surface area contributed by atoms with Crippen LogP contribution >= 0.6 is 11.8 Å². The van der Waals surface area contributed by atoms with Crippen molar-refractivity contribution in [2.45, 2.75) is 36.6 Å². The monoisotopic (exact) mass is 519 g/mol. The van der Waals surface area contributed by atoms with Gasteiger partial charge in [0.15, 0.2) is 11.4 Å². The van der Waals surface area contributed by atoms with Crippen LogP contribution in [0.5, 0.6) is 0 Å². The van der Waals surface area contributed by atoms with Crippen LogP contribution in [-0.4, -0.2) is 94.2 Å². The van der Waals surface area contributed by atoms with Crippen LogP contribution in [0.3, 0.4) is 0 Å². The number of hydrogen-bond donors (Lipinski definition) is 6. The number of anilines is 1. The lowest BCUT2D eigenvalue weighted by molar-refractivity contribution is -0.204. The molecule has 2 rings (SSSR count). The van der Waals surface area contributed by atoms with Crippen molar-refractivity contribution in [2.24, 2.45) is 0 Å². The lowest BCUT2D eigenvalue weighted by Crippen LogP contribution is -2.65. The first-order valence-corrected chi connectivity index (χ1v) is 13.3. The summed E-state index contributed by atoms with van der Waals surface area (Å²) in [5.41, 5.74) is -3.28. The highest BCUT2D eigenvalue weighted by atomic mass is 32.2. The maximum Gasteiger partial charge on any atom is 0.311 e. The Morgan fingerprint density at radius 3 is 2.41 bits per heavy atom. The minimum atomic E-state index is -3.74. The zero-order valence-corrected chi connectivity index (χ0v) is 20.4. The molecule has 0 aliphatic carbocycles. The van der Waals surface area contributed by atoms with Gasteiger partial charge in [0.25, 0.3) is 5.91 Å². The molecule has 0 spiro atoms. The van der Waals surface area contributed by atoms with Crippen LogP contribution in [0.15, 0.2) is 41.0 Å². The summed E-state index contributed by atoms with van der Waals surface area (Å²) in [5, 5.41) is 55.6. The number of sulfonamides is 1. The first kappa shape index (κ1) is 28.0. The molecule has 0 aliphatic rings. The van der Waals surface area contributed by atoms with E-state index in [2.05, 4.69) is 4.98 Å². The molecule has 1 aromatic carbocycles. The summed E-state index contributed by atoms with van der Waals surface area (Å²) in [5.74, 6) is -0.716. The minimum absolute atomic E-state index is 0.0648. The molecule has 34 heavy (non-hydrogen) atoms. The molecule has 14 heteroatoms. The molecule has 2 aromatic rings. The second-order valence-corrected chi connectivity index (χ2v) is 10.6. The Morgan fingerprint density at radius 1 is 1.24 bits per heavy atom. The molecule has 190 valence electrons. The lowest BCUT2D eigenvalue weighted by atomic mass is 9.88. The van der Waals surface area contributed by atoms with Crippen LogP contribution in [0.1, 0.15) is 28.6 Å². The van der Waals surface area contributed by atoms with Gasteiger partial charge >= 0.3 is 6.01 Å². The van der Waals surface area contributed by atoms with Gasteiger partial charge in [0.1, 0.15) is 24.6 Å². The summed E-state index contributed by atoms with van der Waals surface area (Å²) < 4.78 is 29.0. The molecule has 0 radical (unpaired) electrons. The van der Waals surface area contributed by atoms with Crippen molar-refractivity contribution in [1.82, 2.24) is 10.3 Å². The fourth-order valence-electron chi connectivity index (χ4n) is 2.97. The molecule has 0 saturated carbocycles. The summed E-state index contributed by atoms with van der Waals surface area (Å²) in [6.45, 7) is 0. The highest BCUT2D eigenvalue weighted by Crippen LogP contribution is 2.30. The summed E-state index contributed by atoms with van der Waals surface area (Å²) in [6, 6.07) is 7.12. The number of aliphatic hydroxyl groups excluding tert-OH is 4. The van der Waals surface area contributed by atoms with E-state index in [1.54, 1.807) is 24.5 Å². The van der Waals surface area contributed by atoms with E-state index >= 15 is 0 Å². The number of thioether (sulfide) groups is 1. The predicted octanol–water partition coefficient (Wildman–Crippen LogP) is -0.942. The number of nitrogens with one attached hydrogen (secondary N) is 1. The Balaban J connectivity index is 2.38. The normalized spacial score (nSPS) is 17.3. The zero-order chi connectivity index (χ0) is 25.7. The van der Waals surface area contributed by atoms with Gasteiger partial charge in [-0.05, 0) is 24.0 Å². The molecule has 0 fully saturated rings. The Hall–Kier alpha value is -2.20. The van der Waals surface area contributed by atoms with Crippen LogP contribution in [0.4, 0.5) is 6.01 Å². The average molecular weight is 520 g/mol. The van der Waals surface area contributed by atoms with E-state index in [1.165, 1.54) is 23.9 Å². The standard InChI is InChI=1S/C20H29N3O9S2/c1-23(34(3,30)31)19-21-13(11-32-19)18(28)22-20(29,16(26)12-7-5-4-6-8-12)17(27)15(25)14(24)9-10-33-2/h4-8,11,14-17,24-27,29H,9-10H2,1-3H3,(H,22,28). The van der Waals surface area contributed by atoms with Gasteiger partial charge in [0.05, 0.1) is 12.4 Å². The number of hydrogen-bond acceptors (Lipinski definition) is 11. The Morgan fingerprint density at radius 2 is 1.85 bits per heavy atom. The molecular formula is C20H29N3O9S2. The fraction of sp³-hybridized carbons (Fsp3) is 0.500. The van der Waals surface area contributed by atoms with E-state index in [1.807, 2.05) is 5.32 Å². The summed E-state index contributed by atoms with van der Waals surface area (Å²) in [7, 11) is -2.59. The van der Waals surface area contributed by atoms with Crippen LogP contribution in [0.2, 0.25) is 0 Å². The first-order chi connectivity index (χ1) is 15.8. The third kappa shape index (κ3) is 6.47. The highest BCUT2D eigenvalue weighted by molar-refractivity contribution is 7.98. The van der Waals surface area contributed by atoms with Gasteiger partial charge in [-0.15, -0.1) is 0 Å². The maximum atomic E-state index is 12.8. The topological polar surface area (TPSA) is 194 Å². The maximum absolute atomic E-state index is 12.8. The molecule has 6 N–H and O–H groups in total. The molecule has 0 saturated heterocycles. The van der Waals surface area contributed by atoms with Gasteiger partial charge < -0.3 is 35.3 Å². The number of nitrogens with zero attached hydrogens (tertiary/aromatic N) is 2. The molecule has 1 aromatic heterocycles. The highest BCUT2D eigenvalue weighted by Gasteiger charge is 2.50. The number of carbonyl (C=O) groups excluding carboxylic acids is 1. The third-order valence-electron chi connectivity index (χ3n) is 5.12. The van der Waals surface area contributed by atoms with E-state index in [-0.39, 0.29) is 12.0 Å². The van der Waals surface area contributed by atoms with Gasteiger partial charge in [-0.25, -0.2) is 12.7 Å². The van der Waals surface area contributed by atoms with Crippen molar-refractivity contribution < 1.29 is 43.2 Å². The number of aromatic nitrogens is 1. The fourth-order valence-corrected chi connectivity index (χ4v) is 3.82. The second-order valence-electron chi connectivity index (χ2n) is 7.62. The van der Waals surface area contributed by atoms with Gasteiger partial charge in [-0.3, -0.25) is 4.79 Å². The van der Waals surface area contributed by atoms with E-state index in [0.717, 1.165) is 19.6 Å². The van der Waals surface area contributed by atoms with Gasteiger partial charge in [0.2, 0.25) is 10.0 Å².